The third-order valence-electron chi connectivity index (χ3n) is 11.2. The summed E-state index contributed by atoms with van der Waals surface area (Å²) < 4.78 is 5.76. The maximum Gasteiger partial charge on any atom is 0.311 e. The van der Waals surface area contributed by atoms with Gasteiger partial charge >= 0.3 is 5.97 Å². The molecule has 0 N–H and O–H groups in total. The van der Waals surface area contributed by atoms with Gasteiger partial charge in [0.1, 0.15) is 6.61 Å². The molecule has 0 saturated carbocycles. The Kier molecular flexibility index (Phi) is 11.1. The van der Waals surface area contributed by atoms with Crippen LogP contribution < -0.4 is 9.80 Å². The fourth-order valence-corrected chi connectivity index (χ4v) is 6.94. The van der Waals surface area contributed by atoms with Crippen molar-refractivity contribution >= 4 is 40.1 Å². The van der Waals surface area contributed by atoms with E-state index in [0.717, 1.165) is 46.0 Å². The van der Waals surface area contributed by atoms with Crippen molar-refractivity contribution in [3.63, 3.8) is 0 Å². The van der Waals surface area contributed by atoms with Gasteiger partial charge in [0, 0.05) is 34.1 Å². The number of rotatable bonds is 11. The first-order valence-electron chi connectivity index (χ1n) is 19.1. The molecule has 0 spiro atoms. The lowest BCUT2D eigenvalue weighted by Crippen LogP contribution is -2.25. The van der Waals surface area contributed by atoms with Crippen molar-refractivity contribution < 1.29 is 9.53 Å². The first-order valence-corrected chi connectivity index (χ1v) is 19.1. The summed E-state index contributed by atoms with van der Waals surface area (Å²) in [6.45, 7) is 21.3. The quantitative estimate of drug-likeness (QED) is 0.125. The van der Waals surface area contributed by atoms with Crippen LogP contribution in [0.25, 0.3) is 11.1 Å². The number of benzene rings is 6. The first kappa shape index (κ1) is 38.1. The maximum absolute atomic E-state index is 12.7. The van der Waals surface area contributed by atoms with Crippen molar-refractivity contribution in [3.8, 4) is 11.1 Å². The topological polar surface area (TPSA) is 32.8 Å². The van der Waals surface area contributed by atoms with Crippen LogP contribution in [0.3, 0.4) is 0 Å². The van der Waals surface area contributed by atoms with Gasteiger partial charge in [0.2, 0.25) is 0 Å². The van der Waals surface area contributed by atoms with E-state index in [1.165, 1.54) is 50.2 Å². The highest BCUT2D eigenvalue weighted by molar-refractivity contribution is 5.84. The molecule has 6 aromatic rings. The highest BCUT2D eigenvalue weighted by atomic mass is 16.5. The number of carbonyl (C=O) groups is 1. The van der Waals surface area contributed by atoms with Gasteiger partial charge in [0.05, 0.1) is 5.41 Å². The molecule has 0 amide bonds. The minimum Gasteiger partial charge on any atom is -0.460 e. The minimum atomic E-state index is -0.498. The van der Waals surface area contributed by atoms with E-state index in [1.807, 2.05) is 20.8 Å². The number of hydrogen-bond acceptors (Lipinski definition) is 4. The Balaban J connectivity index is 1.34. The number of aryl methyl sites for hydroxylation is 5. The molecule has 0 aliphatic carbocycles. The number of anilines is 6. The van der Waals surface area contributed by atoms with E-state index in [1.54, 1.807) is 0 Å². The molecule has 4 heteroatoms. The predicted octanol–water partition coefficient (Wildman–Crippen LogP) is 13.9. The van der Waals surface area contributed by atoms with Crippen molar-refractivity contribution in [2.45, 2.75) is 82.3 Å². The monoisotopic (exact) mass is 714 g/mol. The number of nitrogens with zero attached hydrogens (tertiary/aromatic N) is 2. The molecule has 0 unspecified atom stereocenters. The summed E-state index contributed by atoms with van der Waals surface area (Å²) in [5, 5.41) is 0. The average Bonchev–Trinajstić information content (AvgIpc) is 3.15. The number of esters is 1. The molecule has 0 aromatic heterocycles. The summed E-state index contributed by atoms with van der Waals surface area (Å²) in [6, 6.07) is 43.9. The van der Waals surface area contributed by atoms with Gasteiger partial charge in [0.15, 0.2) is 0 Å². The Morgan fingerprint density at radius 2 is 1.07 bits per heavy atom. The van der Waals surface area contributed by atoms with Crippen LogP contribution in [0.5, 0.6) is 0 Å². The van der Waals surface area contributed by atoms with E-state index in [0.29, 0.717) is 0 Å². The van der Waals surface area contributed by atoms with Crippen molar-refractivity contribution in [1.82, 2.24) is 0 Å². The van der Waals surface area contributed by atoms with Gasteiger partial charge in [-0.3, -0.25) is 4.79 Å². The Morgan fingerprint density at radius 1 is 0.556 bits per heavy atom. The fourth-order valence-electron chi connectivity index (χ4n) is 6.94. The van der Waals surface area contributed by atoms with Crippen LogP contribution in [0.2, 0.25) is 0 Å². The van der Waals surface area contributed by atoms with E-state index in [2.05, 4.69) is 180 Å². The summed E-state index contributed by atoms with van der Waals surface area (Å²) >= 11 is 0. The van der Waals surface area contributed by atoms with Gasteiger partial charge in [-0.1, -0.05) is 67.6 Å². The van der Waals surface area contributed by atoms with E-state index in [4.69, 9.17) is 4.74 Å². The average molecular weight is 715 g/mol. The maximum atomic E-state index is 12.7. The molecule has 54 heavy (non-hydrogen) atoms. The second-order valence-corrected chi connectivity index (χ2v) is 15.4. The van der Waals surface area contributed by atoms with Crippen LogP contribution in [0.1, 0.15) is 71.7 Å². The highest BCUT2D eigenvalue weighted by Crippen LogP contribution is 2.42. The van der Waals surface area contributed by atoms with Gasteiger partial charge in [-0.15, -0.1) is 0 Å². The molecule has 0 saturated heterocycles. The van der Waals surface area contributed by atoms with Crippen molar-refractivity contribution in [3.05, 3.63) is 166 Å². The first-order chi connectivity index (χ1) is 25.8. The molecular weight excluding hydrogens is 661 g/mol. The molecule has 0 aliphatic rings. The van der Waals surface area contributed by atoms with E-state index < -0.39 is 5.41 Å². The molecule has 0 bridgehead atoms. The van der Waals surface area contributed by atoms with Gasteiger partial charge < -0.3 is 14.5 Å². The van der Waals surface area contributed by atoms with Crippen LogP contribution in [0.4, 0.5) is 34.1 Å². The molecule has 0 atom stereocenters. The Hall–Kier alpha value is -5.61. The van der Waals surface area contributed by atoms with E-state index >= 15 is 0 Å². The molecule has 0 aliphatic heterocycles. The summed E-state index contributed by atoms with van der Waals surface area (Å²) in [7, 11) is 0. The minimum absolute atomic E-state index is 0.166. The van der Waals surface area contributed by atoms with E-state index in [9.17, 15) is 4.79 Å². The summed E-state index contributed by atoms with van der Waals surface area (Å²) in [4.78, 5) is 17.4. The standard InChI is InChI=1S/C50H54N2O2/c1-11-50(9,10)49(53)54-32-41-23-26-44(30-36(41)5)51(47-19-13-16-34(3)38(47)7)42-24-21-40(22-25-42)46-28-27-45(31-37(46)6)52(43-18-12-15-33(2)29-43)48-20-14-17-35(4)39(48)8/h12-31H,11,32H2,1-10H3. The number of ether oxygens (including phenoxy) is 1. The second kappa shape index (κ2) is 15.8. The second-order valence-electron chi connectivity index (χ2n) is 15.4. The van der Waals surface area contributed by atoms with Crippen molar-refractivity contribution in [2.24, 2.45) is 5.41 Å². The van der Waals surface area contributed by atoms with Crippen LogP contribution in [-0.4, -0.2) is 5.97 Å². The van der Waals surface area contributed by atoms with E-state index in [-0.39, 0.29) is 12.6 Å². The molecule has 0 radical (unpaired) electrons. The normalized spacial score (nSPS) is 11.4. The third-order valence-corrected chi connectivity index (χ3v) is 11.2. The Labute approximate surface area is 323 Å². The summed E-state index contributed by atoms with van der Waals surface area (Å²) in [5.41, 5.74) is 18.2. The van der Waals surface area contributed by atoms with Gasteiger partial charge in [-0.05, 0) is 185 Å². The van der Waals surface area contributed by atoms with Gasteiger partial charge in [-0.25, -0.2) is 0 Å². The molecular formula is C50H54N2O2. The van der Waals surface area contributed by atoms with Gasteiger partial charge in [-0.2, -0.15) is 0 Å². The predicted molar refractivity (Wildman–Crippen MR) is 228 cm³/mol. The lowest BCUT2D eigenvalue weighted by Gasteiger charge is -2.29. The molecule has 276 valence electrons. The zero-order valence-electron chi connectivity index (χ0n) is 33.7. The lowest BCUT2D eigenvalue weighted by atomic mass is 9.91. The summed E-state index contributed by atoms with van der Waals surface area (Å²) in [6.07, 6.45) is 0.735. The van der Waals surface area contributed by atoms with Crippen molar-refractivity contribution in [1.29, 1.82) is 0 Å². The summed E-state index contributed by atoms with van der Waals surface area (Å²) in [5.74, 6) is -0.166. The highest BCUT2D eigenvalue weighted by Gasteiger charge is 2.27. The Bertz CT molecular complexity index is 2300. The lowest BCUT2D eigenvalue weighted by molar-refractivity contribution is -0.155. The Morgan fingerprint density at radius 3 is 1.63 bits per heavy atom. The molecule has 6 aromatic carbocycles. The zero-order chi connectivity index (χ0) is 38.7. The molecule has 4 nitrogen and oxygen atoms in total. The number of carbonyl (C=O) groups excluding carboxylic acids is 1. The number of hydrogen-bond donors (Lipinski definition) is 0. The molecule has 0 heterocycles. The van der Waals surface area contributed by atoms with Crippen molar-refractivity contribution in [2.75, 3.05) is 9.80 Å². The third kappa shape index (κ3) is 7.84. The fraction of sp³-hybridized carbons (Fsp3) is 0.260. The largest absolute Gasteiger partial charge is 0.460 e. The van der Waals surface area contributed by atoms with Crippen LogP contribution in [0.15, 0.2) is 121 Å². The van der Waals surface area contributed by atoms with Gasteiger partial charge in [0.25, 0.3) is 0 Å². The smallest absolute Gasteiger partial charge is 0.311 e. The van der Waals surface area contributed by atoms with Crippen LogP contribution in [0, 0.1) is 53.9 Å². The van der Waals surface area contributed by atoms with Crippen LogP contribution in [-0.2, 0) is 16.1 Å². The molecule has 6 rings (SSSR count). The van der Waals surface area contributed by atoms with Crippen LogP contribution >= 0.6 is 0 Å². The molecule has 0 fully saturated rings. The SMILES string of the molecule is CCC(C)(C)C(=O)OCc1ccc(N(c2ccc(-c3ccc(N(c4cccc(C)c4)c4cccc(C)c4C)cc3C)cc2)c2cccc(C)c2C)cc1C. The zero-order valence-corrected chi connectivity index (χ0v) is 33.7.